The van der Waals surface area contributed by atoms with E-state index in [-0.39, 0.29) is 5.92 Å². The number of aryl methyl sites for hydroxylation is 2. The summed E-state index contributed by atoms with van der Waals surface area (Å²) in [5, 5.41) is 0. The van der Waals surface area contributed by atoms with E-state index in [2.05, 4.69) is 42.8 Å². The lowest BCUT2D eigenvalue weighted by atomic mass is 9.96. The summed E-state index contributed by atoms with van der Waals surface area (Å²) < 4.78 is 0. The molecule has 0 saturated carbocycles. The molecule has 0 aromatic carbocycles. The molecule has 2 aliphatic rings. The van der Waals surface area contributed by atoms with Crippen LogP contribution in [0.15, 0.2) is 12.3 Å². The van der Waals surface area contributed by atoms with Gasteiger partial charge < -0.3 is 14.7 Å². The molecular formula is C21H30N6O. The first-order valence-corrected chi connectivity index (χ1v) is 10.3. The number of likely N-dealkylation sites (N-methyl/N-ethyl adjacent to an activating group) is 1. The smallest absolute Gasteiger partial charge is 0.227 e. The van der Waals surface area contributed by atoms with E-state index in [0.29, 0.717) is 11.6 Å². The van der Waals surface area contributed by atoms with Gasteiger partial charge >= 0.3 is 0 Å². The van der Waals surface area contributed by atoms with E-state index in [1.165, 1.54) is 0 Å². The fourth-order valence-corrected chi connectivity index (χ4v) is 4.22. The Balaban J connectivity index is 1.49. The molecular weight excluding hydrogens is 352 g/mol. The summed E-state index contributed by atoms with van der Waals surface area (Å²) >= 11 is 0. The van der Waals surface area contributed by atoms with E-state index >= 15 is 0 Å². The monoisotopic (exact) mass is 382 g/mol. The number of hydrogen-bond acceptors (Lipinski definition) is 6. The molecule has 7 heteroatoms. The van der Waals surface area contributed by atoms with Gasteiger partial charge in [0.2, 0.25) is 5.91 Å². The lowest BCUT2D eigenvalue weighted by Crippen LogP contribution is -2.46. The van der Waals surface area contributed by atoms with E-state index in [1.54, 1.807) is 0 Å². The third kappa shape index (κ3) is 3.94. The second-order valence-electron chi connectivity index (χ2n) is 8.20. The van der Waals surface area contributed by atoms with Crippen LogP contribution < -0.4 is 4.90 Å². The van der Waals surface area contributed by atoms with Gasteiger partial charge in [0.15, 0.2) is 5.65 Å². The Morgan fingerprint density at radius 1 is 1.04 bits per heavy atom. The Morgan fingerprint density at radius 3 is 2.71 bits per heavy atom. The topological polar surface area (TPSA) is 65.5 Å². The highest BCUT2D eigenvalue weighted by molar-refractivity contribution is 5.80. The number of carbonyl (C=O) groups excluding carboxylic acids is 1. The first-order valence-electron chi connectivity index (χ1n) is 10.3. The van der Waals surface area contributed by atoms with Crippen LogP contribution in [-0.4, -0.2) is 77.0 Å². The molecule has 1 amide bonds. The zero-order chi connectivity index (χ0) is 19.7. The molecule has 0 N–H and O–H groups in total. The molecule has 4 rings (SSSR count). The standard InChI is InChI=1S/C21H30N6O/c1-15-16(2)24-20-19(23-15)12-18(13-22-20)27-8-4-6-17(14-27)21(28)26-9-5-7-25(3)10-11-26/h12-13,17H,4-11,14H2,1-3H3. The molecule has 2 aromatic heterocycles. The van der Waals surface area contributed by atoms with Crippen molar-refractivity contribution in [3.63, 3.8) is 0 Å². The molecule has 2 aromatic rings. The number of aromatic nitrogens is 3. The maximum absolute atomic E-state index is 13.1. The predicted molar refractivity (Wildman–Crippen MR) is 110 cm³/mol. The first kappa shape index (κ1) is 19.1. The van der Waals surface area contributed by atoms with Crippen molar-refractivity contribution in [1.29, 1.82) is 0 Å². The van der Waals surface area contributed by atoms with Crippen molar-refractivity contribution >= 4 is 22.8 Å². The van der Waals surface area contributed by atoms with Gasteiger partial charge in [-0.1, -0.05) is 0 Å². The van der Waals surface area contributed by atoms with Crippen LogP contribution in [0, 0.1) is 19.8 Å². The van der Waals surface area contributed by atoms with Gasteiger partial charge in [-0.25, -0.2) is 15.0 Å². The van der Waals surface area contributed by atoms with E-state index in [9.17, 15) is 4.79 Å². The van der Waals surface area contributed by atoms with Crippen molar-refractivity contribution in [2.45, 2.75) is 33.1 Å². The summed E-state index contributed by atoms with van der Waals surface area (Å²) in [6.07, 6.45) is 4.94. The average Bonchev–Trinajstić information content (AvgIpc) is 2.92. The third-order valence-electron chi connectivity index (χ3n) is 6.09. The maximum Gasteiger partial charge on any atom is 0.227 e. The first-order chi connectivity index (χ1) is 13.5. The molecule has 28 heavy (non-hydrogen) atoms. The van der Waals surface area contributed by atoms with Crippen molar-refractivity contribution in [3.8, 4) is 0 Å². The SMILES string of the molecule is Cc1nc2cc(N3CCCC(C(=O)N4CCCN(C)CC4)C3)cnc2nc1C. The van der Waals surface area contributed by atoms with E-state index < -0.39 is 0 Å². The summed E-state index contributed by atoms with van der Waals surface area (Å²) in [5.41, 5.74) is 4.40. The van der Waals surface area contributed by atoms with Gasteiger partial charge in [-0.2, -0.15) is 0 Å². The Bertz CT molecular complexity index is 869. The molecule has 0 spiro atoms. The molecule has 4 heterocycles. The van der Waals surface area contributed by atoms with Crippen LogP contribution in [0.4, 0.5) is 5.69 Å². The van der Waals surface area contributed by atoms with Crippen molar-refractivity contribution in [2.75, 3.05) is 51.2 Å². The Labute approximate surface area is 166 Å². The highest BCUT2D eigenvalue weighted by Crippen LogP contribution is 2.26. The number of nitrogens with zero attached hydrogens (tertiary/aromatic N) is 6. The van der Waals surface area contributed by atoms with E-state index in [4.69, 9.17) is 0 Å². The number of carbonyl (C=O) groups is 1. The highest BCUT2D eigenvalue weighted by Gasteiger charge is 2.30. The van der Waals surface area contributed by atoms with Gasteiger partial charge in [-0.3, -0.25) is 4.79 Å². The normalized spacial score (nSPS) is 21.8. The molecule has 150 valence electrons. The summed E-state index contributed by atoms with van der Waals surface area (Å²) in [7, 11) is 2.13. The summed E-state index contributed by atoms with van der Waals surface area (Å²) in [6, 6.07) is 2.07. The fourth-order valence-electron chi connectivity index (χ4n) is 4.22. The number of hydrogen-bond donors (Lipinski definition) is 0. The van der Waals surface area contributed by atoms with Crippen LogP contribution in [0.2, 0.25) is 0 Å². The second kappa shape index (κ2) is 7.99. The quantitative estimate of drug-likeness (QED) is 0.792. The minimum atomic E-state index is 0.0682. The predicted octanol–water partition coefficient (Wildman–Crippen LogP) is 2.02. The van der Waals surface area contributed by atoms with Crippen LogP contribution in [0.25, 0.3) is 11.2 Å². The molecule has 0 bridgehead atoms. The molecule has 0 radical (unpaired) electrons. The Kier molecular flexibility index (Phi) is 5.44. The Hall–Kier alpha value is -2.28. The number of fused-ring (bicyclic) bond motifs is 1. The van der Waals surface area contributed by atoms with Crippen molar-refractivity contribution < 1.29 is 4.79 Å². The molecule has 0 aliphatic carbocycles. The fraction of sp³-hybridized carbons (Fsp3) is 0.619. The summed E-state index contributed by atoms with van der Waals surface area (Å²) in [4.78, 5) is 33.5. The molecule has 7 nitrogen and oxygen atoms in total. The van der Waals surface area contributed by atoms with Crippen LogP contribution in [0.5, 0.6) is 0 Å². The lowest BCUT2D eigenvalue weighted by molar-refractivity contribution is -0.135. The number of rotatable bonds is 2. The van der Waals surface area contributed by atoms with Crippen molar-refractivity contribution in [1.82, 2.24) is 24.8 Å². The molecule has 1 unspecified atom stereocenters. The molecule has 2 fully saturated rings. The number of anilines is 1. The van der Waals surface area contributed by atoms with Gasteiger partial charge in [0.25, 0.3) is 0 Å². The summed E-state index contributed by atoms with van der Waals surface area (Å²) in [6.45, 7) is 9.41. The van der Waals surface area contributed by atoms with E-state index in [1.807, 2.05) is 20.0 Å². The van der Waals surface area contributed by atoms with Gasteiger partial charge in [0.05, 0.1) is 29.2 Å². The average molecular weight is 383 g/mol. The maximum atomic E-state index is 13.1. The second-order valence-corrected chi connectivity index (χ2v) is 8.20. The largest absolute Gasteiger partial charge is 0.369 e. The van der Waals surface area contributed by atoms with Gasteiger partial charge in [-0.05, 0) is 52.8 Å². The number of amides is 1. The zero-order valence-electron chi connectivity index (χ0n) is 17.2. The Morgan fingerprint density at radius 2 is 1.86 bits per heavy atom. The van der Waals surface area contributed by atoms with Crippen LogP contribution in [0.1, 0.15) is 30.7 Å². The molecule has 2 aliphatic heterocycles. The number of piperidine rings is 1. The lowest BCUT2D eigenvalue weighted by Gasteiger charge is -2.36. The number of pyridine rings is 1. The van der Waals surface area contributed by atoms with Crippen molar-refractivity contribution in [3.05, 3.63) is 23.7 Å². The third-order valence-corrected chi connectivity index (χ3v) is 6.09. The highest BCUT2D eigenvalue weighted by atomic mass is 16.2. The van der Waals surface area contributed by atoms with Gasteiger partial charge in [-0.15, -0.1) is 0 Å². The minimum Gasteiger partial charge on any atom is -0.369 e. The van der Waals surface area contributed by atoms with Gasteiger partial charge in [0.1, 0.15) is 5.52 Å². The van der Waals surface area contributed by atoms with Crippen LogP contribution >= 0.6 is 0 Å². The van der Waals surface area contributed by atoms with Gasteiger partial charge in [0, 0.05) is 32.7 Å². The minimum absolute atomic E-state index is 0.0682. The molecule has 1 atom stereocenters. The van der Waals surface area contributed by atoms with Crippen LogP contribution in [-0.2, 0) is 4.79 Å². The van der Waals surface area contributed by atoms with Crippen molar-refractivity contribution in [2.24, 2.45) is 5.92 Å². The van der Waals surface area contributed by atoms with Crippen LogP contribution in [0.3, 0.4) is 0 Å². The molecule has 2 saturated heterocycles. The van der Waals surface area contributed by atoms with E-state index in [0.717, 1.165) is 81.1 Å². The zero-order valence-corrected chi connectivity index (χ0v) is 17.2. The summed E-state index contributed by atoms with van der Waals surface area (Å²) in [5.74, 6) is 0.388.